The highest BCUT2D eigenvalue weighted by Gasteiger charge is 2.07. The van der Waals surface area contributed by atoms with E-state index in [-0.39, 0.29) is 5.91 Å². The quantitative estimate of drug-likeness (QED) is 0.561. The van der Waals surface area contributed by atoms with E-state index < -0.39 is 0 Å². The summed E-state index contributed by atoms with van der Waals surface area (Å²) < 4.78 is 1.77. The number of rotatable bonds is 3. The van der Waals surface area contributed by atoms with Gasteiger partial charge < -0.3 is 5.32 Å². The summed E-state index contributed by atoms with van der Waals surface area (Å²) in [7, 11) is 0. The number of aromatic nitrogens is 3. The summed E-state index contributed by atoms with van der Waals surface area (Å²) in [6.45, 7) is 0. The molecule has 0 unspecified atom stereocenters. The van der Waals surface area contributed by atoms with E-state index in [1.165, 1.54) is 0 Å². The van der Waals surface area contributed by atoms with Crippen LogP contribution in [0, 0.1) is 11.8 Å². The number of benzene rings is 2. The van der Waals surface area contributed by atoms with Crippen LogP contribution in [0.25, 0.3) is 5.82 Å². The molecule has 0 saturated carbocycles. The number of hydrogen-bond acceptors (Lipinski definition) is 3. The Balaban J connectivity index is 1.47. The van der Waals surface area contributed by atoms with Gasteiger partial charge in [-0.2, -0.15) is 0 Å². The van der Waals surface area contributed by atoms with Gasteiger partial charge in [0.1, 0.15) is 12.1 Å². The molecule has 0 bridgehead atoms. The number of anilines is 1. The summed E-state index contributed by atoms with van der Waals surface area (Å²) in [5, 5.41) is 2.89. The number of amides is 1. The number of nitrogens with one attached hydrogen (secondary N) is 1. The summed E-state index contributed by atoms with van der Waals surface area (Å²) >= 11 is 0. The Labute approximate surface area is 162 Å². The largest absolute Gasteiger partial charge is 0.322 e. The number of carbonyl (C=O) groups is 1. The van der Waals surface area contributed by atoms with E-state index >= 15 is 0 Å². The zero-order chi connectivity index (χ0) is 19.2. The van der Waals surface area contributed by atoms with Gasteiger partial charge >= 0.3 is 0 Å². The maximum absolute atomic E-state index is 12.5. The second-order valence-corrected chi connectivity index (χ2v) is 6.03. The van der Waals surface area contributed by atoms with Gasteiger partial charge in [0, 0.05) is 35.4 Å². The predicted molar refractivity (Wildman–Crippen MR) is 108 cm³/mol. The highest BCUT2D eigenvalue weighted by Crippen LogP contribution is 2.13. The van der Waals surface area contributed by atoms with Gasteiger partial charge in [0.2, 0.25) is 0 Å². The lowest BCUT2D eigenvalue weighted by molar-refractivity contribution is 0.102. The molecular formula is C23H16N4O. The van der Waals surface area contributed by atoms with E-state index in [0.717, 1.165) is 11.1 Å². The third-order valence-corrected chi connectivity index (χ3v) is 4.02. The Morgan fingerprint density at radius 1 is 0.929 bits per heavy atom. The molecule has 4 rings (SSSR count). The van der Waals surface area contributed by atoms with Crippen LogP contribution < -0.4 is 5.32 Å². The smallest absolute Gasteiger partial charge is 0.257 e. The predicted octanol–water partition coefficient (Wildman–Crippen LogP) is 3.92. The molecule has 134 valence electrons. The molecule has 1 N–H and O–H groups in total. The average Bonchev–Trinajstić information content (AvgIpc) is 3.28. The monoisotopic (exact) mass is 364 g/mol. The molecule has 0 aliphatic carbocycles. The first-order chi connectivity index (χ1) is 13.8. The third kappa shape index (κ3) is 4.14. The van der Waals surface area contributed by atoms with Crippen LogP contribution in [0.4, 0.5) is 5.69 Å². The summed E-state index contributed by atoms with van der Waals surface area (Å²) in [5.74, 6) is 6.70. The molecule has 2 aromatic carbocycles. The molecule has 2 heterocycles. The average molecular weight is 364 g/mol. The van der Waals surface area contributed by atoms with Crippen LogP contribution in [0.3, 0.4) is 0 Å². The maximum atomic E-state index is 12.5. The lowest BCUT2D eigenvalue weighted by atomic mass is 10.1. The maximum Gasteiger partial charge on any atom is 0.257 e. The molecule has 0 spiro atoms. The van der Waals surface area contributed by atoms with Crippen LogP contribution in [0.1, 0.15) is 21.5 Å². The van der Waals surface area contributed by atoms with Crippen molar-refractivity contribution < 1.29 is 4.79 Å². The minimum atomic E-state index is -0.224. The molecular weight excluding hydrogens is 348 g/mol. The van der Waals surface area contributed by atoms with Gasteiger partial charge in [0.25, 0.3) is 5.91 Å². The van der Waals surface area contributed by atoms with Crippen molar-refractivity contribution in [3.63, 3.8) is 0 Å². The molecule has 5 nitrogen and oxygen atoms in total. The van der Waals surface area contributed by atoms with Crippen molar-refractivity contribution in [2.45, 2.75) is 0 Å². The Hall–Kier alpha value is -4.17. The normalized spacial score (nSPS) is 10.0. The van der Waals surface area contributed by atoms with E-state index in [9.17, 15) is 4.79 Å². The van der Waals surface area contributed by atoms with Crippen LogP contribution in [0.2, 0.25) is 0 Å². The van der Waals surface area contributed by atoms with Gasteiger partial charge in [-0.3, -0.25) is 9.36 Å². The van der Waals surface area contributed by atoms with Gasteiger partial charge in [0.05, 0.1) is 5.56 Å². The van der Waals surface area contributed by atoms with Crippen molar-refractivity contribution in [2.24, 2.45) is 0 Å². The summed E-state index contributed by atoms with van der Waals surface area (Å²) in [5.41, 5.74) is 2.93. The minimum Gasteiger partial charge on any atom is -0.322 e. The highest BCUT2D eigenvalue weighted by atomic mass is 16.1. The first kappa shape index (κ1) is 17.3. The van der Waals surface area contributed by atoms with Crippen molar-refractivity contribution in [2.75, 3.05) is 5.32 Å². The van der Waals surface area contributed by atoms with E-state index in [2.05, 4.69) is 27.1 Å². The fourth-order valence-electron chi connectivity index (χ4n) is 2.61. The molecule has 0 aliphatic rings. The lowest BCUT2D eigenvalue weighted by Crippen LogP contribution is -2.12. The molecule has 1 amide bonds. The van der Waals surface area contributed by atoms with E-state index in [0.29, 0.717) is 17.1 Å². The van der Waals surface area contributed by atoms with Crippen LogP contribution >= 0.6 is 0 Å². The number of hydrogen-bond donors (Lipinski definition) is 1. The third-order valence-electron chi connectivity index (χ3n) is 4.02. The van der Waals surface area contributed by atoms with Crippen LogP contribution in [0.15, 0.2) is 91.6 Å². The van der Waals surface area contributed by atoms with Crippen molar-refractivity contribution in [1.82, 2.24) is 14.5 Å². The molecule has 28 heavy (non-hydrogen) atoms. The molecule has 0 fully saturated rings. The van der Waals surface area contributed by atoms with Crippen LogP contribution in [-0.2, 0) is 0 Å². The molecule has 4 aromatic rings. The molecule has 2 aromatic heterocycles. The fourth-order valence-corrected chi connectivity index (χ4v) is 2.61. The number of carbonyl (C=O) groups excluding carboxylic acids is 1. The molecule has 0 aliphatic heterocycles. The zero-order valence-electron chi connectivity index (χ0n) is 14.9. The van der Waals surface area contributed by atoms with E-state index in [1.807, 2.05) is 54.6 Å². The van der Waals surface area contributed by atoms with Gasteiger partial charge in [-0.1, -0.05) is 36.1 Å². The second kappa shape index (κ2) is 8.02. The second-order valence-electron chi connectivity index (χ2n) is 6.03. The minimum absolute atomic E-state index is 0.224. The Bertz CT molecular complexity index is 1140. The first-order valence-corrected chi connectivity index (χ1v) is 8.71. The van der Waals surface area contributed by atoms with Crippen molar-refractivity contribution >= 4 is 11.6 Å². The van der Waals surface area contributed by atoms with Crippen molar-refractivity contribution in [3.8, 4) is 17.7 Å². The molecule has 0 radical (unpaired) electrons. The van der Waals surface area contributed by atoms with Gasteiger partial charge in [0.15, 0.2) is 0 Å². The van der Waals surface area contributed by atoms with Gasteiger partial charge in [-0.05, 0) is 42.5 Å². The Kier molecular flexibility index (Phi) is 4.94. The molecule has 0 saturated heterocycles. The van der Waals surface area contributed by atoms with Gasteiger partial charge in [-0.25, -0.2) is 9.97 Å². The lowest BCUT2D eigenvalue weighted by Gasteiger charge is -2.06. The number of pyridine rings is 1. The zero-order valence-corrected chi connectivity index (χ0v) is 14.9. The summed E-state index contributed by atoms with van der Waals surface area (Å²) in [6, 6.07) is 20.7. The SMILES string of the molecule is O=C(Nc1cccc(C#Cc2ccccc2)c1)c1ccc(-n2ccnc2)nc1. The van der Waals surface area contributed by atoms with Crippen LogP contribution in [0.5, 0.6) is 0 Å². The fraction of sp³-hybridized carbons (Fsp3) is 0. The Morgan fingerprint density at radius 2 is 1.75 bits per heavy atom. The van der Waals surface area contributed by atoms with E-state index in [1.54, 1.807) is 41.6 Å². The molecule has 0 atom stereocenters. The highest BCUT2D eigenvalue weighted by molar-refractivity contribution is 6.04. The molecule has 5 heteroatoms. The summed E-state index contributed by atoms with van der Waals surface area (Å²) in [6.07, 6.45) is 6.67. The van der Waals surface area contributed by atoms with E-state index in [4.69, 9.17) is 0 Å². The van der Waals surface area contributed by atoms with Crippen molar-refractivity contribution in [1.29, 1.82) is 0 Å². The standard InChI is InChI=1S/C23H16N4O/c28-23(20-11-12-22(25-16-20)27-14-13-24-17-27)26-21-8-4-7-19(15-21)10-9-18-5-2-1-3-6-18/h1-8,11-17H,(H,26,28). The summed E-state index contributed by atoms with van der Waals surface area (Å²) in [4.78, 5) is 20.8. The number of nitrogens with zero attached hydrogens (tertiary/aromatic N) is 3. The first-order valence-electron chi connectivity index (χ1n) is 8.71. The van der Waals surface area contributed by atoms with Crippen molar-refractivity contribution in [3.05, 3.63) is 108 Å². The van der Waals surface area contributed by atoms with Crippen LogP contribution in [-0.4, -0.2) is 20.4 Å². The van der Waals surface area contributed by atoms with Gasteiger partial charge in [-0.15, -0.1) is 0 Å². The topological polar surface area (TPSA) is 59.8 Å². The number of imidazole rings is 1. The Morgan fingerprint density at radius 3 is 2.50 bits per heavy atom.